The third-order valence-electron chi connectivity index (χ3n) is 4.82. The van der Waals surface area contributed by atoms with E-state index in [0.29, 0.717) is 13.0 Å². The first kappa shape index (κ1) is 22.9. The molecule has 2 amide bonds. The zero-order chi connectivity index (χ0) is 22.4. The Morgan fingerprint density at radius 2 is 1.77 bits per heavy atom. The molecule has 1 aliphatic heterocycles. The van der Waals surface area contributed by atoms with Gasteiger partial charge < -0.3 is 15.4 Å². The monoisotopic (exact) mass is 449 g/mol. The van der Waals surface area contributed by atoms with Gasteiger partial charge in [0, 0.05) is 18.7 Å². The SMILES string of the molecule is Cc1ccc(S(=O)(=O)N2CCCOC2CNC(=O)C(=O)NCc2ccccc2F)cc1. The van der Waals surface area contributed by atoms with Crippen LogP contribution in [-0.2, 0) is 30.9 Å². The van der Waals surface area contributed by atoms with Crippen LogP contribution in [0.2, 0.25) is 0 Å². The summed E-state index contributed by atoms with van der Waals surface area (Å²) in [6, 6.07) is 12.3. The lowest BCUT2D eigenvalue weighted by atomic mass is 10.2. The molecule has 0 radical (unpaired) electrons. The molecule has 1 saturated heterocycles. The predicted octanol–water partition coefficient (Wildman–Crippen LogP) is 1.30. The van der Waals surface area contributed by atoms with Crippen LogP contribution in [0.1, 0.15) is 17.5 Å². The van der Waals surface area contributed by atoms with Crippen LogP contribution in [0.3, 0.4) is 0 Å². The van der Waals surface area contributed by atoms with Gasteiger partial charge in [-0.2, -0.15) is 4.31 Å². The Bertz CT molecular complexity index is 1040. The largest absolute Gasteiger partial charge is 0.360 e. The Labute approximate surface area is 180 Å². The maximum atomic E-state index is 13.6. The third-order valence-corrected chi connectivity index (χ3v) is 6.73. The zero-order valence-electron chi connectivity index (χ0n) is 17.0. The third kappa shape index (κ3) is 5.66. The van der Waals surface area contributed by atoms with Crippen molar-refractivity contribution >= 4 is 21.8 Å². The molecule has 10 heteroatoms. The maximum Gasteiger partial charge on any atom is 0.309 e. The Kier molecular flexibility index (Phi) is 7.37. The number of nitrogens with zero attached hydrogens (tertiary/aromatic N) is 1. The fourth-order valence-electron chi connectivity index (χ4n) is 3.11. The van der Waals surface area contributed by atoms with Gasteiger partial charge in [-0.15, -0.1) is 0 Å². The summed E-state index contributed by atoms with van der Waals surface area (Å²) in [5.74, 6) is -2.40. The first-order chi connectivity index (χ1) is 14.8. The summed E-state index contributed by atoms with van der Waals surface area (Å²) in [7, 11) is -3.83. The topological polar surface area (TPSA) is 105 Å². The van der Waals surface area contributed by atoms with Crippen molar-refractivity contribution in [3.63, 3.8) is 0 Å². The van der Waals surface area contributed by atoms with Gasteiger partial charge in [-0.05, 0) is 31.5 Å². The lowest BCUT2D eigenvalue weighted by Crippen LogP contribution is -2.53. The summed E-state index contributed by atoms with van der Waals surface area (Å²) < 4.78 is 46.3. The van der Waals surface area contributed by atoms with E-state index in [0.717, 1.165) is 5.56 Å². The minimum absolute atomic E-state index is 0.127. The fourth-order valence-corrected chi connectivity index (χ4v) is 4.67. The highest BCUT2D eigenvalue weighted by atomic mass is 32.2. The van der Waals surface area contributed by atoms with Crippen LogP contribution in [0, 0.1) is 12.7 Å². The van der Waals surface area contributed by atoms with Crippen molar-refractivity contribution in [2.75, 3.05) is 19.7 Å². The number of carbonyl (C=O) groups excluding carboxylic acids is 2. The molecule has 3 rings (SSSR count). The van der Waals surface area contributed by atoms with Crippen molar-refractivity contribution in [3.8, 4) is 0 Å². The number of aryl methyl sites for hydroxylation is 1. The van der Waals surface area contributed by atoms with Crippen LogP contribution >= 0.6 is 0 Å². The summed E-state index contributed by atoms with van der Waals surface area (Å²) >= 11 is 0. The molecule has 8 nitrogen and oxygen atoms in total. The lowest BCUT2D eigenvalue weighted by molar-refractivity contribution is -0.140. The van der Waals surface area contributed by atoms with Crippen molar-refractivity contribution in [1.29, 1.82) is 0 Å². The first-order valence-corrected chi connectivity index (χ1v) is 11.2. The lowest BCUT2D eigenvalue weighted by Gasteiger charge is -2.34. The van der Waals surface area contributed by atoms with E-state index in [1.165, 1.54) is 34.6 Å². The molecule has 2 aromatic rings. The molecule has 0 aromatic heterocycles. The van der Waals surface area contributed by atoms with Gasteiger partial charge in [-0.1, -0.05) is 35.9 Å². The zero-order valence-corrected chi connectivity index (χ0v) is 17.8. The number of rotatable bonds is 6. The van der Waals surface area contributed by atoms with Crippen LogP contribution in [0.25, 0.3) is 0 Å². The molecule has 1 unspecified atom stereocenters. The normalized spacial score (nSPS) is 17.2. The minimum atomic E-state index is -3.83. The quantitative estimate of drug-likeness (QED) is 0.647. The molecular weight excluding hydrogens is 425 g/mol. The van der Waals surface area contributed by atoms with Crippen molar-refractivity contribution < 1.29 is 27.1 Å². The number of nitrogens with one attached hydrogen (secondary N) is 2. The highest BCUT2D eigenvalue weighted by molar-refractivity contribution is 7.89. The summed E-state index contributed by atoms with van der Waals surface area (Å²) in [4.78, 5) is 24.3. The van der Waals surface area contributed by atoms with Crippen LogP contribution in [0.5, 0.6) is 0 Å². The summed E-state index contributed by atoms with van der Waals surface area (Å²) in [6.45, 7) is 2.08. The molecule has 1 aliphatic rings. The van der Waals surface area contributed by atoms with E-state index in [4.69, 9.17) is 4.74 Å². The molecule has 1 atom stereocenters. The van der Waals surface area contributed by atoms with Gasteiger partial charge in [0.2, 0.25) is 10.0 Å². The van der Waals surface area contributed by atoms with E-state index < -0.39 is 33.9 Å². The number of amides is 2. The Morgan fingerprint density at radius 3 is 2.48 bits per heavy atom. The van der Waals surface area contributed by atoms with Crippen LogP contribution in [0.15, 0.2) is 53.4 Å². The molecule has 0 aliphatic carbocycles. The number of benzene rings is 2. The summed E-state index contributed by atoms with van der Waals surface area (Å²) in [5, 5.41) is 4.73. The molecule has 0 spiro atoms. The number of ether oxygens (including phenoxy) is 1. The Morgan fingerprint density at radius 1 is 1.10 bits per heavy atom. The summed E-state index contributed by atoms with van der Waals surface area (Å²) in [6.07, 6.45) is -0.429. The van der Waals surface area contributed by atoms with Gasteiger partial charge in [0.15, 0.2) is 0 Å². The molecule has 166 valence electrons. The van der Waals surface area contributed by atoms with Gasteiger partial charge in [0.05, 0.1) is 18.0 Å². The Hall–Kier alpha value is -2.82. The van der Waals surface area contributed by atoms with E-state index in [1.807, 2.05) is 6.92 Å². The number of hydrogen-bond donors (Lipinski definition) is 2. The molecular formula is C21H24FN3O5S. The van der Waals surface area contributed by atoms with Crippen LogP contribution in [-0.4, -0.2) is 50.5 Å². The summed E-state index contributed by atoms with van der Waals surface area (Å²) in [5.41, 5.74) is 1.17. The fraction of sp³-hybridized carbons (Fsp3) is 0.333. The van der Waals surface area contributed by atoms with E-state index in [9.17, 15) is 22.4 Å². The maximum absolute atomic E-state index is 13.6. The van der Waals surface area contributed by atoms with Crippen LogP contribution in [0.4, 0.5) is 4.39 Å². The number of sulfonamides is 1. The van der Waals surface area contributed by atoms with Crippen LogP contribution < -0.4 is 10.6 Å². The van der Waals surface area contributed by atoms with E-state index >= 15 is 0 Å². The molecule has 31 heavy (non-hydrogen) atoms. The van der Waals surface area contributed by atoms with Crippen molar-refractivity contribution in [2.45, 2.75) is 31.0 Å². The molecule has 2 aromatic carbocycles. The van der Waals surface area contributed by atoms with Gasteiger partial charge in [0.1, 0.15) is 12.0 Å². The molecule has 0 saturated carbocycles. The van der Waals surface area contributed by atoms with Crippen molar-refractivity contribution in [1.82, 2.24) is 14.9 Å². The average Bonchev–Trinajstić information content (AvgIpc) is 2.77. The van der Waals surface area contributed by atoms with Gasteiger partial charge in [-0.25, -0.2) is 12.8 Å². The Balaban J connectivity index is 1.59. The van der Waals surface area contributed by atoms with E-state index in [2.05, 4.69) is 10.6 Å². The van der Waals surface area contributed by atoms with E-state index in [-0.39, 0.29) is 30.1 Å². The molecule has 0 bridgehead atoms. The standard InChI is InChI=1S/C21H24FN3O5S/c1-15-7-9-17(10-8-15)31(28,29)25-11-4-12-30-19(25)14-24-21(27)20(26)23-13-16-5-2-3-6-18(16)22/h2-3,5-10,19H,4,11-14H2,1H3,(H,23,26)(H,24,27). The van der Waals surface area contributed by atoms with Crippen molar-refractivity contribution in [3.05, 3.63) is 65.5 Å². The molecule has 1 fully saturated rings. The van der Waals surface area contributed by atoms with Gasteiger partial charge in [-0.3, -0.25) is 9.59 Å². The molecule has 2 N–H and O–H groups in total. The number of halogens is 1. The van der Waals surface area contributed by atoms with Crippen molar-refractivity contribution in [2.24, 2.45) is 0 Å². The van der Waals surface area contributed by atoms with Gasteiger partial charge in [0.25, 0.3) is 0 Å². The van der Waals surface area contributed by atoms with Gasteiger partial charge >= 0.3 is 11.8 Å². The highest BCUT2D eigenvalue weighted by Crippen LogP contribution is 2.22. The second kappa shape index (κ2) is 9.99. The predicted molar refractivity (Wildman–Crippen MR) is 111 cm³/mol. The van der Waals surface area contributed by atoms with E-state index in [1.54, 1.807) is 18.2 Å². The first-order valence-electron chi connectivity index (χ1n) is 9.78. The minimum Gasteiger partial charge on any atom is -0.360 e. The number of hydrogen-bond acceptors (Lipinski definition) is 5. The smallest absolute Gasteiger partial charge is 0.309 e. The second-order valence-electron chi connectivity index (χ2n) is 7.09. The average molecular weight is 450 g/mol. The highest BCUT2D eigenvalue weighted by Gasteiger charge is 2.34. The molecule has 1 heterocycles. The number of carbonyl (C=O) groups is 2. The second-order valence-corrected chi connectivity index (χ2v) is 8.98.